The molecule has 0 aromatic heterocycles. The predicted molar refractivity (Wildman–Crippen MR) is 126 cm³/mol. The molecule has 0 saturated heterocycles. The fraction of sp³-hybridized carbons (Fsp3) is 0.192. The van der Waals surface area contributed by atoms with E-state index in [1.165, 1.54) is 38.4 Å². The van der Waals surface area contributed by atoms with Gasteiger partial charge in [0.05, 0.1) is 32.5 Å². The van der Waals surface area contributed by atoms with Crippen LogP contribution in [0.1, 0.15) is 36.6 Å². The number of hydrogen-bond acceptors (Lipinski definition) is 6. The van der Waals surface area contributed by atoms with E-state index in [1.54, 1.807) is 36.4 Å². The summed E-state index contributed by atoms with van der Waals surface area (Å²) in [5.74, 6) is -0.352. The van der Waals surface area contributed by atoms with Crippen LogP contribution in [-0.4, -0.2) is 50.6 Å². The molecule has 0 atom stereocenters. The van der Waals surface area contributed by atoms with Gasteiger partial charge in [0.15, 0.2) is 11.5 Å². The van der Waals surface area contributed by atoms with Crippen LogP contribution in [0.15, 0.2) is 60.7 Å². The number of para-hydroxylation sites is 1. The van der Waals surface area contributed by atoms with Crippen LogP contribution in [-0.2, 0) is 0 Å². The van der Waals surface area contributed by atoms with Crippen molar-refractivity contribution >= 4 is 23.4 Å². The fourth-order valence-electron chi connectivity index (χ4n) is 3.99. The molecule has 0 radical (unpaired) electrons. The van der Waals surface area contributed by atoms with Crippen LogP contribution in [0.2, 0.25) is 0 Å². The van der Waals surface area contributed by atoms with Gasteiger partial charge >= 0.3 is 0 Å². The summed E-state index contributed by atoms with van der Waals surface area (Å²) in [5, 5.41) is 0. The maximum absolute atomic E-state index is 13.8. The summed E-state index contributed by atoms with van der Waals surface area (Å²) in [5.41, 5.74) is 2.25. The summed E-state index contributed by atoms with van der Waals surface area (Å²) in [7, 11) is 4.40. The van der Waals surface area contributed by atoms with Crippen LogP contribution in [0.4, 0.5) is 5.69 Å². The molecule has 3 aromatic rings. The average molecular weight is 460 g/mol. The van der Waals surface area contributed by atoms with Crippen molar-refractivity contribution in [2.24, 2.45) is 0 Å². The molecule has 0 saturated carbocycles. The van der Waals surface area contributed by atoms with Crippen molar-refractivity contribution in [3.05, 3.63) is 82.9 Å². The molecule has 1 aliphatic rings. The Morgan fingerprint density at radius 1 is 0.824 bits per heavy atom. The van der Waals surface area contributed by atoms with Crippen LogP contribution < -0.4 is 19.1 Å². The molecule has 1 heterocycles. The predicted octanol–water partition coefficient (Wildman–Crippen LogP) is 3.92. The number of hydrogen-bond donors (Lipinski definition) is 0. The van der Waals surface area contributed by atoms with Gasteiger partial charge in [-0.15, -0.1) is 0 Å². The second-order valence-corrected chi connectivity index (χ2v) is 7.66. The highest BCUT2D eigenvalue weighted by atomic mass is 16.5. The molecule has 4 rings (SSSR count). The zero-order chi connectivity index (χ0) is 24.4. The lowest BCUT2D eigenvalue weighted by Gasteiger charge is -2.28. The van der Waals surface area contributed by atoms with E-state index >= 15 is 0 Å². The standard InChI is InChI=1S/C26H24N2O6/c1-16-9-5-8-12-20(16)27(15-28-25(30)18-10-6-7-11-19(18)26(28)31)24(29)17-13-21(32-2)23(34-4)22(14-17)33-3/h5-14H,15H2,1-4H3. The van der Waals surface area contributed by atoms with E-state index in [0.29, 0.717) is 34.1 Å². The molecule has 0 aliphatic carbocycles. The van der Waals surface area contributed by atoms with Gasteiger partial charge in [-0.05, 0) is 42.8 Å². The second kappa shape index (κ2) is 9.27. The second-order valence-electron chi connectivity index (χ2n) is 7.66. The number of ether oxygens (including phenoxy) is 3. The van der Waals surface area contributed by atoms with Crippen molar-refractivity contribution in [2.75, 3.05) is 32.9 Å². The minimum absolute atomic E-state index is 0.245. The molecule has 0 fully saturated rings. The maximum atomic E-state index is 13.8. The normalized spacial score (nSPS) is 12.4. The van der Waals surface area contributed by atoms with Crippen LogP contribution in [0.3, 0.4) is 0 Å². The lowest BCUT2D eigenvalue weighted by atomic mass is 10.1. The Morgan fingerprint density at radius 2 is 1.35 bits per heavy atom. The number of aryl methyl sites for hydroxylation is 1. The maximum Gasteiger partial charge on any atom is 0.263 e. The minimum Gasteiger partial charge on any atom is -0.493 e. The third kappa shape index (κ3) is 3.83. The molecule has 3 amide bonds. The molecule has 0 N–H and O–H groups in total. The first-order chi connectivity index (χ1) is 16.4. The van der Waals surface area contributed by atoms with Gasteiger partial charge in [0.1, 0.15) is 6.67 Å². The Hall–Kier alpha value is -4.33. The quantitative estimate of drug-likeness (QED) is 0.497. The number of rotatable bonds is 7. The molecule has 174 valence electrons. The molecule has 8 heteroatoms. The molecule has 34 heavy (non-hydrogen) atoms. The van der Waals surface area contributed by atoms with Gasteiger partial charge in [0.2, 0.25) is 5.75 Å². The molecule has 1 aliphatic heterocycles. The van der Waals surface area contributed by atoms with Crippen molar-refractivity contribution in [2.45, 2.75) is 6.92 Å². The Balaban J connectivity index is 1.78. The van der Waals surface area contributed by atoms with E-state index in [9.17, 15) is 14.4 Å². The van der Waals surface area contributed by atoms with Gasteiger partial charge < -0.3 is 14.2 Å². The fourth-order valence-corrected chi connectivity index (χ4v) is 3.99. The topological polar surface area (TPSA) is 85.4 Å². The highest BCUT2D eigenvalue weighted by Crippen LogP contribution is 2.39. The van der Waals surface area contributed by atoms with Gasteiger partial charge in [0.25, 0.3) is 17.7 Å². The van der Waals surface area contributed by atoms with E-state index < -0.39 is 17.7 Å². The average Bonchev–Trinajstić information content (AvgIpc) is 3.11. The van der Waals surface area contributed by atoms with Crippen molar-refractivity contribution in [3.8, 4) is 17.2 Å². The Labute approximate surface area is 197 Å². The number of nitrogens with zero attached hydrogens (tertiary/aromatic N) is 2. The largest absolute Gasteiger partial charge is 0.493 e. The zero-order valence-corrected chi connectivity index (χ0v) is 19.3. The van der Waals surface area contributed by atoms with Crippen molar-refractivity contribution in [1.82, 2.24) is 4.90 Å². The number of anilines is 1. The molecule has 8 nitrogen and oxygen atoms in total. The number of methoxy groups -OCH3 is 3. The summed E-state index contributed by atoms with van der Waals surface area (Å²) in [6.45, 7) is 1.60. The summed E-state index contributed by atoms with van der Waals surface area (Å²) < 4.78 is 16.1. The van der Waals surface area contributed by atoms with Crippen molar-refractivity contribution in [3.63, 3.8) is 0 Å². The number of fused-ring (bicyclic) bond motifs is 1. The van der Waals surface area contributed by atoms with Gasteiger partial charge in [0, 0.05) is 11.3 Å². The molecular weight excluding hydrogens is 436 g/mol. The van der Waals surface area contributed by atoms with E-state index in [0.717, 1.165) is 10.5 Å². The van der Waals surface area contributed by atoms with Crippen LogP contribution >= 0.6 is 0 Å². The number of amides is 3. The SMILES string of the molecule is COc1cc(C(=O)N(CN2C(=O)c3ccccc3C2=O)c2ccccc2C)cc(OC)c1OC. The lowest BCUT2D eigenvalue weighted by molar-refractivity contribution is 0.0650. The van der Waals surface area contributed by atoms with Crippen LogP contribution in [0, 0.1) is 6.92 Å². The van der Waals surface area contributed by atoms with Gasteiger partial charge in [-0.25, -0.2) is 0 Å². The molecule has 0 unspecified atom stereocenters. The van der Waals surface area contributed by atoms with E-state index in [-0.39, 0.29) is 12.2 Å². The zero-order valence-electron chi connectivity index (χ0n) is 19.3. The van der Waals surface area contributed by atoms with Crippen molar-refractivity contribution in [1.29, 1.82) is 0 Å². The van der Waals surface area contributed by atoms with Gasteiger partial charge in [-0.1, -0.05) is 30.3 Å². The summed E-state index contributed by atoms with van der Waals surface area (Å²) in [6.07, 6.45) is 0. The first kappa shape index (κ1) is 22.8. The van der Waals surface area contributed by atoms with E-state index in [1.807, 2.05) is 19.1 Å². The smallest absolute Gasteiger partial charge is 0.263 e. The molecular formula is C26H24N2O6. The number of carbonyl (C=O) groups is 3. The van der Waals surface area contributed by atoms with Crippen LogP contribution in [0.5, 0.6) is 17.2 Å². The van der Waals surface area contributed by atoms with Gasteiger partial charge in [-0.2, -0.15) is 0 Å². The number of imide groups is 1. The van der Waals surface area contributed by atoms with Crippen LogP contribution in [0.25, 0.3) is 0 Å². The first-order valence-corrected chi connectivity index (χ1v) is 10.5. The summed E-state index contributed by atoms with van der Waals surface area (Å²) in [4.78, 5) is 42.3. The Morgan fingerprint density at radius 3 is 1.85 bits per heavy atom. The lowest BCUT2D eigenvalue weighted by Crippen LogP contribution is -2.44. The third-order valence-corrected chi connectivity index (χ3v) is 5.72. The highest BCUT2D eigenvalue weighted by Gasteiger charge is 2.37. The molecule has 0 bridgehead atoms. The number of benzene rings is 3. The Kier molecular flexibility index (Phi) is 6.23. The minimum atomic E-state index is -0.447. The summed E-state index contributed by atoms with van der Waals surface area (Å²) >= 11 is 0. The van der Waals surface area contributed by atoms with Crippen molar-refractivity contribution < 1.29 is 28.6 Å². The number of carbonyl (C=O) groups excluding carboxylic acids is 3. The van der Waals surface area contributed by atoms with Gasteiger partial charge in [-0.3, -0.25) is 24.2 Å². The van der Waals surface area contributed by atoms with E-state index in [2.05, 4.69) is 0 Å². The monoisotopic (exact) mass is 460 g/mol. The third-order valence-electron chi connectivity index (χ3n) is 5.72. The molecule has 3 aromatic carbocycles. The Bertz CT molecular complexity index is 1230. The first-order valence-electron chi connectivity index (χ1n) is 10.5. The summed E-state index contributed by atoms with van der Waals surface area (Å²) in [6, 6.07) is 17.0. The highest BCUT2D eigenvalue weighted by molar-refractivity contribution is 6.22. The van der Waals surface area contributed by atoms with E-state index in [4.69, 9.17) is 14.2 Å². The molecule has 0 spiro atoms.